The van der Waals surface area contributed by atoms with Gasteiger partial charge >= 0.3 is 0 Å². The molecule has 1 unspecified atom stereocenters. The van der Waals surface area contributed by atoms with E-state index in [9.17, 15) is 0 Å². The van der Waals surface area contributed by atoms with Gasteiger partial charge in [-0.15, -0.1) is 11.8 Å². The third-order valence-electron chi connectivity index (χ3n) is 1.41. The lowest BCUT2D eigenvalue weighted by Gasteiger charge is -2.12. The van der Waals surface area contributed by atoms with Gasteiger partial charge in [0.2, 0.25) is 0 Å². The van der Waals surface area contributed by atoms with Crippen LogP contribution in [0.25, 0.3) is 0 Å². The fourth-order valence-corrected chi connectivity index (χ4v) is 2.24. The molecule has 0 amide bonds. The highest BCUT2D eigenvalue weighted by atomic mass is 32.2. The second kappa shape index (κ2) is 9.34. The second-order valence-corrected chi connectivity index (χ2v) is 5.28. The van der Waals surface area contributed by atoms with Crippen LogP contribution in [-0.2, 0) is 9.53 Å². The largest absolute Gasteiger partial charge is 0.471 e. The Labute approximate surface area is 92.0 Å². The summed E-state index contributed by atoms with van der Waals surface area (Å²) in [5.74, 6) is 0. The standard InChI is InChI=1S/C6H13NS.C2H4O2.C2H6/c1-5-7-4-6(2,3)8-5;1-4-2-3;1-2/h5,7H,4H2,1-3H3;2H,1H3;1-2H3. The summed E-state index contributed by atoms with van der Waals surface area (Å²) >= 11 is 2.01. The summed E-state index contributed by atoms with van der Waals surface area (Å²) in [6.07, 6.45) is 0. The van der Waals surface area contributed by atoms with E-state index in [-0.39, 0.29) is 0 Å². The van der Waals surface area contributed by atoms with Crippen LogP contribution in [-0.4, -0.2) is 30.2 Å². The van der Waals surface area contributed by atoms with Crippen molar-refractivity contribution in [3.05, 3.63) is 0 Å². The predicted octanol–water partition coefficient (Wildman–Crippen LogP) is 2.26. The molecule has 0 saturated carbocycles. The summed E-state index contributed by atoms with van der Waals surface area (Å²) in [5, 5.41) is 4.03. The van der Waals surface area contributed by atoms with Gasteiger partial charge in [-0.2, -0.15) is 0 Å². The summed E-state index contributed by atoms with van der Waals surface area (Å²) in [5.41, 5.74) is 0. The summed E-state index contributed by atoms with van der Waals surface area (Å²) in [4.78, 5) is 8.95. The van der Waals surface area contributed by atoms with Gasteiger partial charge in [-0.1, -0.05) is 13.8 Å². The molecule has 4 heteroatoms. The smallest absolute Gasteiger partial charge is 0.292 e. The molecule has 14 heavy (non-hydrogen) atoms. The molecular weight excluding hydrogens is 198 g/mol. The van der Waals surface area contributed by atoms with E-state index >= 15 is 0 Å². The maximum atomic E-state index is 8.95. The van der Waals surface area contributed by atoms with Gasteiger partial charge < -0.3 is 10.1 Å². The van der Waals surface area contributed by atoms with Crippen molar-refractivity contribution in [2.24, 2.45) is 0 Å². The number of nitrogens with one attached hydrogen (secondary N) is 1. The molecule has 1 fully saturated rings. The Kier molecular flexibility index (Phi) is 10.8. The molecule has 0 aromatic heterocycles. The molecule has 0 aromatic carbocycles. The van der Waals surface area contributed by atoms with Crippen LogP contribution in [0.2, 0.25) is 0 Å². The van der Waals surface area contributed by atoms with E-state index < -0.39 is 0 Å². The Morgan fingerprint density at radius 2 is 1.93 bits per heavy atom. The molecule has 1 rings (SSSR count). The average Bonchev–Trinajstić information content (AvgIpc) is 2.48. The highest BCUT2D eigenvalue weighted by Crippen LogP contribution is 2.31. The van der Waals surface area contributed by atoms with E-state index in [2.05, 4.69) is 30.8 Å². The molecule has 0 aromatic rings. The van der Waals surface area contributed by atoms with Crippen LogP contribution in [0, 0.1) is 0 Å². The van der Waals surface area contributed by atoms with Crippen molar-refractivity contribution < 1.29 is 9.53 Å². The number of rotatable bonds is 1. The lowest BCUT2D eigenvalue weighted by molar-refractivity contribution is -0.126. The van der Waals surface area contributed by atoms with Crippen molar-refractivity contribution in [2.45, 2.75) is 44.7 Å². The predicted molar refractivity (Wildman–Crippen MR) is 63.6 cm³/mol. The van der Waals surface area contributed by atoms with Gasteiger partial charge in [0.15, 0.2) is 0 Å². The fourth-order valence-electron chi connectivity index (χ4n) is 0.951. The van der Waals surface area contributed by atoms with Crippen LogP contribution in [0.5, 0.6) is 0 Å². The molecule has 1 saturated heterocycles. The number of carbonyl (C=O) groups excluding carboxylic acids is 1. The number of methoxy groups -OCH3 is 1. The van der Waals surface area contributed by atoms with Crippen LogP contribution in [0.3, 0.4) is 0 Å². The Bertz CT molecular complexity index is 140. The van der Waals surface area contributed by atoms with Crippen molar-refractivity contribution in [1.29, 1.82) is 0 Å². The SMILES string of the molecule is CC.CC1NCC(C)(C)S1.COC=O. The first-order valence-corrected chi connectivity index (χ1v) is 5.77. The molecule has 0 aliphatic carbocycles. The third kappa shape index (κ3) is 9.86. The van der Waals surface area contributed by atoms with Crippen LogP contribution in [0.4, 0.5) is 0 Å². The Morgan fingerprint density at radius 1 is 1.50 bits per heavy atom. The van der Waals surface area contributed by atoms with Crippen LogP contribution >= 0.6 is 11.8 Å². The summed E-state index contributed by atoms with van der Waals surface area (Å²) in [6.45, 7) is 12.3. The van der Waals surface area contributed by atoms with E-state index in [0.29, 0.717) is 16.6 Å². The van der Waals surface area contributed by atoms with Crippen molar-refractivity contribution >= 4 is 18.2 Å². The van der Waals surface area contributed by atoms with Gasteiger partial charge in [0, 0.05) is 11.3 Å². The highest BCUT2D eigenvalue weighted by molar-refractivity contribution is 8.01. The lowest BCUT2D eigenvalue weighted by atomic mass is 10.2. The zero-order valence-electron chi connectivity index (χ0n) is 10.1. The minimum Gasteiger partial charge on any atom is -0.471 e. The molecular formula is C10H23NO2S. The maximum Gasteiger partial charge on any atom is 0.292 e. The monoisotopic (exact) mass is 221 g/mol. The molecule has 1 heterocycles. The fraction of sp³-hybridized carbons (Fsp3) is 0.900. The van der Waals surface area contributed by atoms with Crippen LogP contribution < -0.4 is 5.32 Å². The maximum absolute atomic E-state index is 8.95. The number of ether oxygens (including phenoxy) is 1. The quantitative estimate of drug-likeness (QED) is 0.689. The molecule has 1 aliphatic rings. The van der Waals surface area contributed by atoms with Gasteiger partial charge in [-0.05, 0) is 20.8 Å². The van der Waals surface area contributed by atoms with E-state index in [1.165, 1.54) is 7.11 Å². The Hall–Kier alpha value is -0.220. The molecule has 0 radical (unpaired) electrons. The molecule has 1 atom stereocenters. The van der Waals surface area contributed by atoms with Gasteiger partial charge in [-0.3, -0.25) is 4.79 Å². The van der Waals surface area contributed by atoms with E-state index in [4.69, 9.17) is 4.79 Å². The zero-order chi connectivity index (χ0) is 11.6. The van der Waals surface area contributed by atoms with E-state index in [0.717, 1.165) is 6.54 Å². The van der Waals surface area contributed by atoms with E-state index in [1.807, 2.05) is 25.6 Å². The lowest BCUT2D eigenvalue weighted by Crippen LogP contribution is -2.22. The number of thioether (sulfide) groups is 1. The zero-order valence-corrected chi connectivity index (χ0v) is 10.9. The average molecular weight is 221 g/mol. The van der Waals surface area contributed by atoms with Crippen molar-refractivity contribution in [3.8, 4) is 0 Å². The first-order valence-electron chi connectivity index (χ1n) is 4.89. The Morgan fingerprint density at radius 3 is 2.00 bits per heavy atom. The summed E-state index contributed by atoms with van der Waals surface area (Å²) < 4.78 is 4.33. The molecule has 86 valence electrons. The first kappa shape index (κ1) is 16.2. The van der Waals surface area contributed by atoms with Gasteiger partial charge in [0.05, 0.1) is 12.5 Å². The van der Waals surface area contributed by atoms with Crippen molar-refractivity contribution in [1.82, 2.24) is 5.32 Å². The van der Waals surface area contributed by atoms with Crippen LogP contribution in [0.1, 0.15) is 34.6 Å². The number of hydrogen-bond donors (Lipinski definition) is 1. The minimum absolute atomic E-state index is 0.375. The third-order valence-corrected chi connectivity index (χ3v) is 2.71. The Balaban J connectivity index is 0. The minimum atomic E-state index is 0.375. The summed E-state index contributed by atoms with van der Waals surface area (Å²) in [6, 6.07) is 0. The van der Waals surface area contributed by atoms with Gasteiger partial charge in [0.25, 0.3) is 6.47 Å². The van der Waals surface area contributed by atoms with Gasteiger partial charge in [0.1, 0.15) is 0 Å². The van der Waals surface area contributed by atoms with Gasteiger partial charge in [-0.25, -0.2) is 0 Å². The van der Waals surface area contributed by atoms with Crippen molar-refractivity contribution in [2.75, 3.05) is 13.7 Å². The second-order valence-electron chi connectivity index (χ2n) is 3.23. The molecule has 1 N–H and O–H groups in total. The normalized spacial score (nSPS) is 22.3. The number of carbonyl (C=O) groups is 1. The number of hydrogen-bond acceptors (Lipinski definition) is 4. The highest BCUT2D eigenvalue weighted by Gasteiger charge is 2.27. The van der Waals surface area contributed by atoms with Crippen LogP contribution in [0.15, 0.2) is 0 Å². The first-order chi connectivity index (χ1) is 6.52. The topological polar surface area (TPSA) is 38.3 Å². The van der Waals surface area contributed by atoms with E-state index in [1.54, 1.807) is 0 Å². The van der Waals surface area contributed by atoms with Crippen molar-refractivity contribution in [3.63, 3.8) is 0 Å². The summed E-state index contributed by atoms with van der Waals surface area (Å²) in [7, 11) is 1.31. The molecule has 1 aliphatic heterocycles. The molecule has 0 bridgehead atoms. The molecule has 3 nitrogen and oxygen atoms in total. The molecule has 0 spiro atoms.